The van der Waals surface area contributed by atoms with E-state index < -0.39 is 0 Å². The molecule has 1 nitrogen and oxygen atoms in total. The molecule has 0 spiro atoms. The van der Waals surface area contributed by atoms with Gasteiger partial charge in [-0.25, -0.2) is 0 Å². The van der Waals surface area contributed by atoms with Crippen LogP contribution in [0.4, 0.5) is 0 Å². The maximum Gasteiger partial charge on any atom is 0.194 e. The van der Waals surface area contributed by atoms with E-state index >= 15 is 0 Å². The van der Waals surface area contributed by atoms with Crippen molar-refractivity contribution in [3.63, 3.8) is 0 Å². The Morgan fingerprint density at radius 3 is 2.29 bits per heavy atom. The van der Waals surface area contributed by atoms with Crippen LogP contribution in [0, 0.1) is 6.92 Å². The summed E-state index contributed by atoms with van der Waals surface area (Å²) >= 11 is 5.48. The minimum absolute atomic E-state index is 0.0733. The lowest BCUT2D eigenvalue weighted by atomic mass is 9.84. The molecular weight excluding hydrogens is 228 g/mol. The van der Waals surface area contributed by atoms with Gasteiger partial charge in [-0.1, -0.05) is 54.2 Å². The molecule has 0 bridgehead atoms. The van der Waals surface area contributed by atoms with E-state index in [4.69, 9.17) is 12.2 Å². The van der Waals surface area contributed by atoms with Gasteiger partial charge in [-0.3, -0.25) is 4.79 Å². The van der Waals surface area contributed by atoms with Crippen molar-refractivity contribution in [2.75, 3.05) is 0 Å². The second-order valence-electron chi connectivity index (χ2n) is 4.25. The van der Waals surface area contributed by atoms with Gasteiger partial charge in [0.2, 0.25) is 0 Å². The summed E-state index contributed by atoms with van der Waals surface area (Å²) in [6.07, 6.45) is 0. The second-order valence-corrected chi connectivity index (χ2v) is 4.66. The quantitative estimate of drug-likeness (QED) is 0.559. The van der Waals surface area contributed by atoms with Crippen molar-refractivity contribution in [2.45, 2.75) is 6.92 Å². The summed E-state index contributed by atoms with van der Waals surface area (Å²) in [6.45, 7) is 2.01. The fourth-order valence-corrected chi connectivity index (χ4v) is 2.56. The van der Waals surface area contributed by atoms with Crippen LogP contribution >= 0.6 is 12.2 Å². The lowest BCUT2D eigenvalue weighted by Gasteiger charge is -2.19. The van der Waals surface area contributed by atoms with Crippen LogP contribution in [0.1, 0.15) is 32.6 Å². The summed E-state index contributed by atoms with van der Waals surface area (Å²) in [5.41, 5.74) is 4.33. The van der Waals surface area contributed by atoms with Crippen molar-refractivity contribution in [3.05, 3.63) is 70.3 Å². The minimum atomic E-state index is 0.0733. The number of carbonyl (C=O) groups is 1. The van der Waals surface area contributed by atoms with E-state index in [2.05, 4.69) is 0 Å². The Morgan fingerprint density at radius 2 is 1.53 bits per heavy atom. The first-order valence-electron chi connectivity index (χ1n) is 5.47. The second kappa shape index (κ2) is 3.60. The van der Waals surface area contributed by atoms with E-state index in [9.17, 15) is 4.79 Å². The van der Waals surface area contributed by atoms with Gasteiger partial charge < -0.3 is 0 Å². The van der Waals surface area contributed by atoms with Gasteiger partial charge >= 0.3 is 0 Å². The lowest BCUT2D eigenvalue weighted by molar-refractivity contribution is 0.103. The number of aryl methyl sites for hydroxylation is 1. The van der Waals surface area contributed by atoms with E-state index in [0.717, 1.165) is 27.1 Å². The molecule has 0 atom stereocenters. The van der Waals surface area contributed by atoms with Crippen molar-refractivity contribution >= 4 is 22.9 Å². The third-order valence-corrected chi connectivity index (χ3v) is 3.52. The monoisotopic (exact) mass is 238 g/mol. The molecule has 0 aliphatic heterocycles. The average molecular weight is 238 g/mol. The molecule has 82 valence electrons. The molecule has 0 saturated heterocycles. The highest BCUT2D eigenvalue weighted by Gasteiger charge is 2.26. The molecule has 0 radical (unpaired) electrons. The van der Waals surface area contributed by atoms with Crippen LogP contribution in [0.3, 0.4) is 0 Å². The summed E-state index contributed by atoms with van der Waals surface area (Å²) < 4.78 is 0. The van der Waals surface area contributed by atoms with E-state index in [1.807, 2.05) is 49.4 Å². The molecule has 0 fully saturated rings. The fourth-order valence-electron chi connectivity index (χ4n) is 2.21. The van der Waals surface area contributed by atoms with Crippen LogP contribution in [-0.4, -0.2) is 10.6 Å². The van der Waals surface area contributed by atoms with Crippen molar-refractivity contribution < 1.29 is 4.79 Å². The molecule has 0 amide bonds. The molecule has 0 N–H and O–H groups in total. The summed E-state index contributed by atoms with van der Waals surface area (Å²) in [6, 6.07) is 13.4. The number of rotatable bonds is 0. The maximum absolute atomic E-state index is 12.3. The van der Waals surface area contributed by atoms with E-state index in [1.54, 1.807) is 0 Å². The molecule has 1 aliphatic carbocycles. The average Bonchev–Trinajstić information content (AvgIpc) is 2.36. The predicted octanol–water partition coefficient (Wildman–Crippen LogP) is 3.31. The first kappa shape index (κ1) is 10.4. The summed E-state index contributed by atoms with van der Waals surface area (Å²) in [7, 11) is 0. The molecule has 0 heterocycles. The number of hydrogen-bond donors (Lipinski definition) is 0. The zero-order valence-electron chi connectivity index (χ0n) is 9.36. The van der Waals surface area contributed by atoms with Crippen LogP contribution in [-0.2, 0) is 0 Å². The van der Waals surface area contributed by atoms with Gasteiger partial charge in [-0.05, 0) is 13.0 Å². The molecule has 2 heteroatoms. The topological polar surface area (TPSA) is 17.1 Å². The molecule has 0 aromatic heterocycles. The molecule has 2 aromatic carbocycles. The predicted molar refractivity (Wildman–Crippen MR) is 71.9 cm³/mol. The third kappa shape index (κ3) is 1.45. The molecule has 17 heavy (non-hydrogen) atoms. The largest absolute Gasteiger partial charge is 0.289 e. The van der Waals surface area contributed by atoms with Crippen LogP contribution in [0.2, 0.25) is 0 Å². The molecule has 0 unspecified atom stereocenters. The van der Waals surface area contributed by atoms with Crippen molar-refractivity contribution in [3.8, 4) is 0 Å². The SMILES string of the molecule is Cc1ccc2c(c1)C(=S)c1ccccc1C2=O. The lowest BCUT2D eigenvalue weighted by Crippen LogP contribution is -2.20. The Balaban J connectivity index is 2.33. The number of fused-ring (bicyclic) bond motifs is 2. The van der Waals surface area contributed by atoms with Gasteiger partial charge in [0, 0.05) is 22.3 Å². The number of carbonyl (C=O) groups excluding carboxylic acids is 1. The highest BCUT2D eigenvalue weighted by molar-refractivity contribution is 7.81. The molecule has 2 aromatic rings. The van der Waals surface area contributed by atoms with Gasteiger partial charge in [0.15, 0.2) is 5.78 Å². The van der Waals surface area contributed by atoms with Crippen molar-refractivity contribution in [2.24, 2.45) is 0 Å². The van der Waals surface area contributed by atoms with Gasteiger partial charge in [0.05, 0.1) is 4.86 Å². The van der Waals surface area contributed by atoms with Crippen molar-refractivity contribution in [1.82, 2.24) is 0 Å². The zero-order chi connectivity index (χ0) is 12.0. The van der Waals surface area contributed by atoms with E-state index in [1.165, 1.54) is 0 Å². The van der Waals surface area contributed by atoms with Crippen LogP contribution in [0.25, 0.3) is 0 Å². The van der Waals surface area contributed by atoms with Crippen LogP contribution < -0.4 is 0 Å². The molecule has 0 saturated carbocycles. The zero-order valence-corrected chi connectivity index (χ0v) is 10.2. The highest BCUT2D eigenvalue weighted by atomic mass is 32.1. The summed E-state index contributed by atoms with van der Waals surface area (Å²) in [5.74, 6) is 0.0733. The maximum atomic E-state index is 12.3. The standard InChI is InChI=1S/C15H10OS/c1-9-6-7-11-13(8-9)15(17)12-5-3-2-4-10(12)14(11)16/h2-8H,1H3. The number of hydrogen-bond acceptors (Lipinski definition) is 2. The van der Waals surface area contributed by atoms with E-state index in [0.29, 0.717) is 5.56 Å². The Hall–Kier alpha value is -1.80. The number of benzene rings is 2. The Morgan fingerprint density at radius 1 is 0.882 bits per heavy atom. The number of ketones is 1. The molecular formula is C15H10OS. The smallest absolute Gasteiger partial charge is 0.194 e. The summed E-state index contributed by atoms with van der Waals surface area (Å²) in [4.78, 5) is 13.1. The molecule has 3 rings (SSSR count). The molecule has 1 aliphatic rings. The van der Waals surface area contributed by atoms with Crippen molar-refractivity contribution in [1.29, 1.82) is 0 Å². The van der Waals surface area contributed by atoms with Crippen LogP contribution in [0.15, 0.2) is 42.5 Å². The Labute approximate surface area is 105 Å². The first-order valence-corrected chi connectivity index (χ1v) is 5.88. The number of thiocarbonyl (C=S) groups is 1. The Bertz CT molecular complexity index is 656. The minimum Gasteiger partial charge on any atom is -0.289 e. The van der Waals surface area contributed by atoms with Gasteiger partial charge in [0.25, 0.3) is 0 Å². The third-order valence-electron chi connectivity index (χ3n) is 3.08. The Kier molecular flexibility index (Phi) is 2.20. The first-order chi connectivity index (χ1) is 8.18. The fraction of sp³-hybridized carbons (Fsp3) is 0.0667. The van der Waals surface area contributed by atoms with Gasteiger partial charge in [-0.15, -0.1) is 0 Å². The normalized spacial score (nSPS) is 13.2. The summed E-state index contributed by atoms with van der Waals surface area (Å²) in [5, 5.41) is 0. The van der Waals surface area contributed by atoms with Crippen LogP contribution in [0.5, 0.6) is 0 Å². The van der Waals surface area contributed by atoms with Gasteiger partial charge in [0.1, 0.15) is 0 Å². The van der Waals surface area contributed by atoms with Gasteiger partial charge in [-0.2, -0.15) is 0 Å². The highest BCUT2D eigenvalue weighted by Crippen LogP contribution is 2.28. The van der Waals surface area contributed by atoms with E-state index in [-0.39, 0.29) is 5.78 Å².